The number of rotatable bonds is 2. The van der Waals surface area contributed by atoms with Crippen LogP contribution in [0, 0.1) is 6.92 Å². The molecule has 1 heterocycles. The first kappa shape index (κ1) is 8.40. The Labute approximate surface area is 71.2 Å². The second kappa shape index (κ2) is 3.62. The van der Waals surface area contributed by atoms with Gasteiger partial charge in [-0.25, -0.2) is 4.98 Å². The third-order valence-corrected chi connectivity index (χ3v) is 1.97. The van der Waals surface area contributed by atoms with Crippen molar-refractivity contribution in [2.24, 2.45) is 0 Å². The quantitative estimate of drug-likeness (QED) is 0.732. The van der Waals surface area contributed by atoms with Gasteiger partial charge in [0.25, 0.3) is 0 Å². The van der Waals surface area contributed by atoms with E-state index in [4.69, 9.17) is 5.73 Å². The van der Waals surface area contributed by atoms with Crippen molar-refractivity contribution in [2.45, 2.75) is 12.7 Å². The Bertz CT molecular complexity index is 228. The summed E-state index contributed by atoms with van der Waals surface area (Å²) < 4.78 is 0. The summed E-state index contributed by atoms with van der Waals surface area (Å²) in [5, 5.41) is 0. The van der Waals surface area contributed by atoms with Gasteiger partial charge in [-0.2, -0.15) is 11.8 Å². The van der Waals surface area contributed by atoms with Crippen molar-refractivity contribution in [1.82, 2.24) is 4.98 Å². The third-order valence-electron chi connectivity index (χ3n) is 1.34. The average Bonchev–Trinajstić information content (AvgIpc) is 1.85. The van der Waals surface area contributed by atoms with Crippen LogP contribution in [0.1, 0.15) is 11.3 Å². The Hall–Kier alpha value is -0.700. The normalized spacial score (nSPS) is 10.0. The van der Waals surface area contributed by atoms with E-state index < -0.39 is 0 Å². The molecule has 0 atom stereocenters. The Balaban J connectivity index is 2.89. The van der Waals surface area contributed by atoms with E-state index in [1.807, 2.05) is 13.0 Å². The van der Waals surface area contributed by atoms with Crippen LogP contribution >= 0.6 is 11.8 Å². The summed E-state index contributed by atoms with van der Waals surface area (Å²) in [6.07, 6.45) is 2.08. The monoisotopic (exact) mass is 168 g/mol. The van der Waals surface area contributed by atoms with Gasteiger partial charge in [0.15, 0.2) is 0 Å². The SMILES string of the molecule is CSCc1cc(C)nc(N)c1. The lowest BCUT2D eigenvalue weighted by Crippen LogP contribution is -1.94. The van der Waals surface area contributed by atoms with Gasteiger partial charge in [0, 0.05) is 11.4 Å². The fourth-order valence-corrected chi connectivity index (χ4v) is 1.52. The molecule has 0 aliphatic heterocycles. The fraction of sp³-hybridized carbons (Fsp3) is 0.375. The standard InChI is InChI=1S/C8H12N2S/c1-6-3-7(5-11-2)4-8(9)10-6/h3-4H,5H2,1-2H3,(H2,9,10). The smallest absolute Gasteiger partial charge is 0.123 e. The van der Waals surface area contributed by atoms with Crippen LogP contribution in [0.3, 0.4) is 0 Å². The summed E-state index contributed by atoms with van der Waals surface area (Å²) in [7, 11) is 0. The summed E-state index contributed by atoms with van der Waals surface area (Å²) in [6, 6.07) is 3.98. The molecule has 1 aromatic heterocycles. The van der Waals surface area contributed by atoms with Crippen LogP contribution in [-0.4, -0.2) is 11.2 Å². The minimum Gasteiger partial charge on any atom is -0.384 e. The van der Waals surface area contributed by atoms with Gasteiger partial charge in [0.1, 0.15) is 5.82 Å². The van der Waals surface area contributed by atoms with E-state index in [9.17, 15) is 0 Å². The van der Waals surface area contributed by atoms with Gasteiger partial charge in [-0.3, -0.25) is 0 Å². The number of nitrogen functional groups attached to an aromatic ring is 1. The lowest BCUT2D eigenvalue weighted by atomic mass is 10.2. The van der Waals surface area contributed by atoms with Gasteiger partial charge in [-0.1, -0.05) is 0 Å². The van der Waals surface area contributed by atoms with Crippen molar-refractivity contribution < 1.29 is 0 Å². The van der Waals surface area contributed by atoms with Crippen LogP contribution in [0.25, 0.3) is 0 Å². The molecule has 1 rings (SSSR count). The molecule has 0 aliphatic carbocycles. The van der Waals surface area contributed by atoms with Crippen molar-refractivity contribution >= 4 is 17.6 Å². The van der Waals surface area contributed by atoms with Crippen LogP contribution < -0.4 is 5.73 Å². The molecule has 0 amide bonds. The van der Waals surface area contributed by atoms with Gasteiger partial charge in [0.05, 0.1) is 0 Å². The molecule has 0 fully saturated rings. The summed E-state index contributed by atoms with van der Waals surface area (Å²) in [4.78, 5) is 4.09. The van der Waals surface area contributed by atoms with E-state index in [0.717, 1.165) is 11.4 Å². The number of pyridine rings is 1. The number of aryl methyl sites for hydroxylation is 1. The molecule has 3 heteroatoms. The molecule has 60 valence electrons. The Morgan fingerprint density at radius 1 is 1.55 bits per heavy atom. The third kappa shape index (κ3) is 2.42. The highest BCUT2D eigenvalue weighted by atomic mass is 32.2. The maximum Gasteiger partial charge on any atom is 0.123 e. The topological polar surface area (TPSA) is 38.9 Å². The van der Waals surface area contributed by atoms with E-state index in [2.05, 4.69) is 17.3 Å². The van der Waals surface area contributed by atoms with E-state index in [1.54, 1.807) is 11.8 Å². The van der Waals surface area contributed by atoms with Gasteiger partial charge in [0.2, 0.25) is 0 Å². The summed E-state index contributed by atoms with van der Waals surface area (Å²) in [6.45, 7) is 1.96. The van der Waals surface area contributed by atoms with Gasteiger partial charge >= 0.3 is 0 Å². The van der Waals surface area contributed by atoms with Crippen molar-refractivity contribution in [2.75, 3.05) is 12.0 Å². The van der Waals surface area contributed by atoms with Gasteiger partial charge in [-0.15, -0.1) is 0 Å². The molecule has 2 nitrogen and oxygen atoms in total. The summed E-state index contributed by atoms with van der Waals surface area (Å²) >= 11 is 1.79. The molecule has 0 aromatic carbocycles. The number of anilines is 1. The molecular weight excluding hydrogens is 156 g/mol. The van der Waals surface area contributed by atoms with E-state index >= 15 is 0 Å². The number of nitrogens with two attached hydrogens (primary N) is 1. The predicted molar refractivity (Wildman–Crippen MR) is 50.6 cm³/mol. The molecule has 2 N–H and O–H groups in total. The highest BCUT2D eigenvalue weighted by Gasteiger charge is 1.95. The Kier molecular flexibility index (Phi) is 2.76. The van der Waals surface area contributed by atoms with Crippen molar-refractivity contribution in [3.05, 3.63) is 23.4 Å². The maximum absolute atomic E-state index is 5.57. The molecular formula is C8H12N2S. The minimum atomic E-state index is 0.619. The lowest BCUT2D eigenvalue weighted by Gasteiger charge is -2.00. The molecule has 0 bridgehead atoms. The number of hydrogen-bond acceptors (Lipinski definition) is 3. The first-order valence-corrected chi connectivity index (χ1v) is 4.83. The second-order valence-corrected chi connectivity index (χ2v) is 3.34. The highest BCUT2D eigenvalue weighted by molar-refractivity contribution is 7.97. The predicted octanol–water partition coefficient (Wildman–Crippen LogP) is 1.84. The second-order valence-electron chi connectivity index (χ2n) is 2.47. The zero-order valence-electron chi connectivity index (χ0n) is 6.79. The number of hydrogen-bond donors (Lipinski definition) is 1. The summed E-state index contributed by atoms with van der Waals surface area (Å²) in [5.74, 6) is 1.63. The number of aromatic nitrogens is 1. The van der Waals surface area contributed by atoms with Gasteiger partial charge < -0.3 is 5.73 Å². The van der Waals surface area contributed by atoms with E-state index in [-0.39, 0.29) is 0 Å². The maximum atomic E-state index is 5.57. The first-order valence-electron chi connectivity index (χ1n) is 3.44. The van der Waals surface area contributed by atoms with Gasteiger partial charge in [-0.05, 0) is 30.9 Å². The first-order chi connectivity index (χ1) is 5.22. The van der Waals surface area contributed by atoms with Crippen molar-refractivity contribution in [3.8, 4) is 0 Å². The fourth-order valence-electron chi connectivity index (χ4n) is 1.02. The molecule has 0 spiro atoms. The lowest BCUT2D eigenvalue weighted by molar-refractivity contribution is 1.18. The van der Waals surface area contributed by atoms with Crippen LogP contribution in [-0.2, 0) is 5.75 Å². The van der Waals surface area contributed by atoms with Crippen LogP contribution in [0.15, 0.2) is 12.1 Å². The summed E-state index contributed by atoms with van der Waals surface area (Å²) in [5.41, 5.74) is 7.82. The van der Waals surface area contributed by atoms with E-state index in [1.165, 1.54) is 5.56 Å². The Morgan fingerprint density at radius 3 is 2.82 bits per heavy atom. The molecule has 0 aliphatic rings. The van der Waals surface area contributed by atoms with E-state index in [0.29, 0.717) is 5.82 Å². The van der Waals surface area contributed by atoms with Crippen molar-refractivity contribution in [3.63, 3.8) is 0 Å². The number of thioether (sulfide) groups is 1. The molecule has 0 unspecified atom stereocenters. The van der Waals surface area contributed by atoms with Crippen molar-refractivity contribution in [1.29, 1.82) is 0 Å². The molecule has 11 heavy (non-hydrogen) atoms. The zero-order valence-corrected chi connectivity index (χ0v) is 7.61. The number of nitrogens with zero attached hydrogens (tertiary/aromatic N) is 1. The molecule has 0 saturated carbocycles. The largest absolute Gasteiger partial charge is 0.384 e. The van der Waals surface area contributed by atoms with Crippen LogP contribution in [0.4, 0.5) is 5.82 Å². The van der Waals surface area contributed by atoms with Crippen LogP contribution in [0.5, 0.6) is 0 Å². The Morgan fingerprint density at radius 2 is 2.27 bits per heavy atom. The molecule has 0 radical (unpaired) electrons. The molecule has 0 saturated heterocycles. The van der Waals surface area contributed by atoms with Crippen LogP contribution in [0.2, 0.25) is 0 Å². The average molecular weight is 168 g/mol. The molecule has 1 aromatic rings. The minimum absolute atomic E-state index is 0.619. The highest BCUT2D eigenvalue weighted by Crippen LogP contribution is 2.12. The zero-order chi connectivity index (χ0) is 8.27.